The molecule has 92 valence electrons. The molecule has 4 nitrogen and oxygen atoms in total. The van der Waals surface area contributed by atoms with E-state index in [2.05, 4.69) is 0 Å². The lowest BCUT2D eigenvalue weighted by Crippen LogP contribution is -2.32. The zero-order valence-electron chi connectivity index (χ0n) is 9.61. The van der Waals surface area contributed by atoms with Crippen molar-refractivity contribution in [1.82, 2.24) is 0 Å². The second-order valence-corrected chi connectivity index (χ2v) is 4.93. The minimum absolute atomic E-state index is 0.107. The summed E-state index contributed by atoms with van der Waals surface area (Å²) in [6.45, 7) is 0.209. The molecule has 1 unspecified atom stereocenters. The van der Waals surface area contributed by atoms with Crippen molar-refractivity contribution < 1.29 is 19.4 Å². The third-order valence-electron chi connectivity index (χ3n) is 3.63. The second kappa shape index (κ2) is 5.15. The van der Waals surface area contributed by atoms with Crippen LogP contribution in [0.15, 0.2) is 0 Å². The van der Waals surface area contributed by atoms with Gasteiger partial charge in [-0.05, 0) is 25.7 Å². The van der Waals surface area contributed by atoms with Gasteiger partial charge >= 0.3 is 5.97 Å². The van der Waals surface area contributed by atoms with Gasteiger partial charge in [0.25, 0.3) is 0 Å². The van der Waals surface area contributed by atoms with Gasteiger partial charge in [0.05, 0.1) is 18.3 Å². The summed E-state index contributed by atoms with van der Waals surface area (Å²) in [7, 11) is 0. The van der Waals surface area contributed by atoms with Gasteiger partial charge in [-0.15, -0.1) is 0 Å². The monoisotopic (exact) mass is 228 g/mol. The van der Waals surface area contributed by atoms with Gasteiger partial charge in [0.2, 0.25) is 0 Å². The van der Waals surface area contributed by atoms with Crippen molar-refractivity contribution >= 4 is 5.97 Å². The Bertz CT molecular complexity index is 245. The van der Waals surface area contributed by atoms with E-state index in [9.17, 15) is 4.79 Å². The van der Waals surface area contributed by atoms with Gasteiger partial charge in [0.15, 0.2) is 0 Å². The Morgan fingerprint density at radius 3 is 2.75 bits per heavy atom. The van der Waals surface area contributed by atoms with Crippen LogP contribution in [0.25, 0.3) is 0 Å². The van der Waals surface area contributed by atoms with E-state index in [1.54, 1.807) is 0 Å². The third kappa shape index (κ3) is 2.95. The number of hydrogen-bond donors (Lipinski definition) is 1. The molecule has 1 saturated carbocycles. The molecule has 0 aromatic carbocycles. The van der Waals surface area contributed by atoms with Gasteiger partial charge in [0, 0.05) is 0 Å². The Kier molecular flexibility index (Phi) is 3.82. The first-order valence-corrected chi connectivity index (χ1v) is 6.18. The van der Waals surface area contributed by atoms with Crippen LogP contribution in [0.1, 0.15) is 44.9 Å². The summed E-state index contributed by atoms with van der Waals surface area (Å²) in [5, 5.41) is 8.46. The summed E-state index contributed by atoms with van der Waals surface area (Å²) >= 11 is 0. The molecule has 1 N–H and O–H groups in total. The third-order valence-corrected chi connectivity index (χ3v) is 3.63. The van der Waals surface area contributed by atoms with Crippen LogP contribution < -0.4 is 0 Å². The Morgan fingerprint density at radius 2 is 2.06 bits per heavy atom. The molecule has 0 amide bonds. The van der Waals surface area contributed by atoms with Crippen molar-refractivity contribution in [2.75, 3.05) is 13.2 Å². The lowest BCUT2D eigenvalue weighted by atomic mass is 9.83. The minimum Gasteiger partial charge on any atom is -0.480 e. The first kappa shape index (κ1) is 11.9. The molecule has 1 spiro atoms. The highest BCUT2D eigenvalue weighted by atomic mass is 16.6. The fraction of sp³-hybridized carbons (Fsp3) is 0.917. The molecule has 1 aliphatic carbocycles. The van der Waals surface area contributed by atoms with E-state index in [1.165, 1.54) is 32.1 Å². The normalized spacial score (nSPS) is 28.4. The Hall–Kier alpha value is -0.610. The molecule has 4 heteroatoms. The molecular weight excluding hydrogens is 208 g/mol. The van der Waals surface area contributed by atoms with Crippen LogP contribution in [0.3, 0.4) is 0 Å². The highest BCUT2D eigenvalue weighted by Crippen LogP contribution is 2.41. The van der Waals surface area contributed by atoms with E-state index in [0.29, 0.717) is 6.61 Å². The van der Waals surface area contributed by atoms with Crippen LogP contribution in [0.4, 0.5) is 0 Å². The van der Waals surface area contributed by atoms with E-state index in [1.807, 2.05) is 0 Å². The van der Waals surface area contributed by atoms with Crippen LogP contribution >= 0.6 is 0 Å². The number of carboxylic acid groups (broad SMARTS) is 1. The maximum Gasteiger partial charge on any atom is 0.329 e. The first-order chi connectivity index (χ1) is 7.70. The van der Waals surface area contributed by atoms with E-state index in [-0.39, 0.29) is 18.3 Å². The van der Waals surface area contributed by atoms with Crippen molar-refractivity contribution in [3.63, 3.8) is 0 Å². The van der Waals surface area contributed by atoms with E-state index < -0.39 is 5.97 Å². The first-order valence-electron chi connectivity index (χ1n) is 6.18. The lowest BCUT2D eigenvalue weighted by molar-refractivity contribution is -0.144. The van der Waals surface area contributed by atoms with Gasteiger partial charge in [0.1, 0.15) is 6.61 Å². The number of hydrogen-bond acceptors (Lipinski definition) is 3. The van der Waals surface area contributed by atoms with Crippen molar-refractivity contribution in [1.29, 1.82) is 0 Å². The van der Waals surface area contributed by atoms with Crippen molar-refractivity contribution in [2.45, 2.75) is 56.7 Å². The molecule has 1 heterocycles. The molecule has 0 aromatic rings. The van der Waals surface area contributed by atoms with Crippen LogP contribution in [0.2, 0.25) is 0 Å². The molecule has 0 bridgehead atoms. The highest BCUT2D eigenvalue weighted by Gasteiger charge is 2.40. The van der Waals surface area contributed by atoms with Crippen molar-refractivity contribution in [3.05, 3.63) is 0 Å². The molecule has 1 atom stereocenters. The Balaban J connectivity index is 1.72. The van der Waals surface area contributed by atoms with Crippen LogP contribution in [-0.2, 0) is 14.3 Å². The smallest absolute Gasteiger partial charge is 0.329 e. The largest absolute Gasteiger partial charge is 0.480 e. The maximum atomic E-state index is 10.3. The number of ether oxygens (including phenoxy) is 2. The van der Waals surface area contributed by atoms with Gasteiger partial charge in [-0.25, -0.2) is 4.79 Å². The second-order valence-electron chi connectivity index (χ2n) is 4.93. The average molecular weight is 228 g/mol. The predicted octanol–water partition coefficient (Wildman–Crippen LogP) is 1.97. The van der Waals surface area contributed by atoms with Crippen molar-refractivity contribution in [2.24, 2.45) is 0 Å². The average Bonchev–Trinajstić information content (AvgIpc) is 2.62. The van der Waals surface area contributed by atoms with E-state index in [4.69, 9.17) is 14.6 Å². The van der Waals surface area contributed by atoms with Crippen molar-refractivity contribution in [3.8, 4) is 0 Å². The Morgan fingerprint density at radius 1 is 1.31 bits per heavy atom. The highest BCUT2D eigenvalue weighted by molar-refractivity contribution is 5.67. The van der Waals surface area contributed by atoms with Gasteiger partial charge in [-0.3, -0.25) is 0 Å². The molecule has 1 saturated heterocycles. The molecule has 0 aromatic heterocycles. The van der Waals surface area contributed by atoms with Crippen LogP contribution in [-0.4, -0.2) is 36.0 Å². The summed E-state index contributed by atoms with van der Waals surface area (Å²) in [4.78, 5) is 10.3. The molecular formula is C12H20O4. The minimum atomic E-state index is -0.912. The summed E-state index contributed by atoms with van der Waals surface area (Å²) < 4.78 is 11.1. The number of carboxylic acids is 1. The zero-order valence-corrected chi connectivity index (χ0v) is 9.61. The fourth-order valence-electron chi connectivity index (χ4n) is 2.85. The topological polar surface area (TPSA) is 55.8 Å². The molecule has 0 radical (unpaired) electrons. The molecule has 1 aliphatic heterocycles. The number of rotatable bonds is 4. The lowest BCUT2D eigenvalue weighted by Gasteiger charge is -2.33. The predicted molar refractivity (Wildman–Crippen MR) is 58.4 cm³/mol. The fourth-order valence-corrected chi connectivity index (χ4v) is 2.85. The quantitative estimate of drug-likeness (QED) is 0.799. The molecule has 16 heavy (non-hydrogen) atoms. The summed E-state index contributed by atoms with van der Waals surface area (Å²) in [5.74, 6) is -0.912. The number of aliphatic carboxylic acids is 1. The SMILES string of the molecule is O=C(O)COCC1CCC2(CCCCC2)O1. The molecule has 2 rings (SSSR count). The summed E-state index contributed by atoms with van der Waals surface area (Å²) in [6, 6.07) is 0. The Labute approximate surface area is 95.9 Å². The summed E-state index contributed by atoms with van der Waals surface area (Å²) in [5.41, 5.74) is 0.107. The van der Waals surface area contributed by atoms with Gasteiger partial charge in [-0.1, -0.05) is 19.3 Å². The van der Waals surface area contributed by atoms with E-state index in [0.717, 1.165) is 12.8 Å². The molecule has 2 aliphatic rings. The maximum absolute atomic E-state index is 10.3. The van der Waals surface area contributed by atoms with Gasteiger partial charge in [-0.2, -0.15) is 0 Å². The van der Waals surface area contributed by atoms with Crippen LogP contribution in [0, 0.1) is 0 Å². The number of carbonyl (C=O) groups is 1. The standard InChI is InChI=1S/C12H20O4/c13-11(14)9-15-8-10-4-7-12(16-10)5-2-1-3-6-12/h10H,1-9H2,(H,13,14). The molecule has 2 fully saturated rings. The zero-order chi connectivity index (χ0) is 11.4. The van der Waals surface area contributed by atoms with Gasteiger partial charge < -0.3 is 14.6 Å². The van der Waals surface area contributed by atoms with E-state index >= 15 is 0 Å². The van der Waals surface area contributed by atoms with Crippen LogP contribution in [0.5, 0.6) is 0 Å². The summed E-state index contributed by atoms with van der Waals surface area (Å²) in [6.07, 6.45) is 8.44.